The molecule has 2 heterocycles. The van der Waals surface area contributed by atoms with Gasteiger partial charge in [0.05, 0.1) is 0 Å². The molecule has 1 N–H and O–H groups in total. The van der Waals surface area contributed by atoms with Crippen molar-refractivity contribution in [2.45, 2.75) is 33.2 Å². The van der Waals surface area contributed by atoms with Gasteiger partial charge in [0, 0.05) is 30.4 Å². The van der Waals surface area contributed by atoms with Gasteiger partial charge < -0.3 is 14.6 Å². The van der Waals surface area contributed by atoms with Crippen LogP contribution in [0.5, 0.6) is 0 Å². The maximum atomic E-state index is 11.7. The summed E-state index contributed by atoms with van der Waals surface area (Å²) in [7, 11) is 0. The van der Waals surface area contributed by atoms with Crippen LogP contribution in [0.4, 0.5) is 11.4 Å². The quantitative estimate of drug-likeness (QED) is 0.756. The second kappa shape index (κ2) is 6.87. The zero-order chi connectivity index (χ0) is 19.0. The summed E-state index contributed by atoms with van der Waals surface area (Å²) in [5.41, 5.74) is 5.25. The molecule has 27 heavy (non-hydrogen) atoms. The van der Waals surface area contributed by atoms with Crippen LogP contribution in [-0.4, -0.2) is 22.6 Å². The zero-order valence-corrected chi connectivity index (χ0v) is 15.7. The Labute approximate surface area is 158 Å². The lowest BCUT2D eigenvalue weighted by Gasteiger charge is -2.16. The maximum absolute atomic E-state index is 11.7. The first-order valence-corrected chi connectivity index (χ1v) is 9.09. The molecular formula is C21H22N4O2. The van der Waals surface area contributed by atoms with Gasteiger partial charge in [-0.05, 0) is 56.2 Å². The van der Waals surface area contributed by atoms with Crippen molar-refractivity contribution in [1.29, 1.82) is 0 Å². The van der Waals surface area contributed by atoms with Crippen LogP contribution in [0.3, 0.4) is 0 Å². The fraction of sp³-hybridized carbons (Fsp3) is 0.286. The van der Waals surface area contributed by atoms with E-state index in [-0.39, 0.29) is 11.9 Å². The molecule has 1 aliphatic rings. The van der Waals surface area contributed by atoms with Crippen molar-refractivity contribution in [3.05, 3.63) is 59.5 Å². The molecule has 3 aromatic rings. The Kier molecular flexibility index (Phi) is 4.39. The van der Waals surface area contributed by atoms with E-state index in [0.717, 1.165) is 29.9 Å². The van der Waals surface area contributed by atoms with E-state index in [1.165, 1.54) is 11.1 Å². The maximum Gasteiger partial charge on any atom is 0.247 e. The average molecular weight is 362 g/mol. The van der Waals surface area contributed by atoms with Gasteiger partial charge in [-0.15, -0.1) is 10.2 Å². The number of nitrogens with one attached hydrogen (secondary N) is 1. The second-order valence-corrected chi connectivity index (χ2v) is 6.94. The summed E-state index contributed by atoms with van der Waals surface area (Å²) in [4.78, 5) is 13.5. The fourth-order valence-corrected chi connectivity index (χ4v) is 3.35. The van der Waals surface area contributed by atoms with Crippen molar-refractivity contribution in [3.8, 4) is 11.5 Å². The summed E-state index contributed by atoms with van der Waals surface area (Å²) in [5.74, 6) is 1.14. The number of fused-ring (bicyclic) bond motifs is 1. The molecule has 0 radical (unpaired) electrons. The number of carbonyl (C=O) groups is 1. The summed E-state index contributed by atoms with van der Waals surface area (Å²) in [5, 5.41) is 11.8. The van der Waals surface area contributed by atoms with E-state index in [1.54, 1.807) is 6.92 Å². The van der Waals surface area contributed by atoms with Gasteiger partial charge >= 0.3 is 0 Å². The first kappa shape index (κ1) is 17.3. The summed E-state index contributed by atoms with van der Waals surface area (Å²) < 4.78 is 5.85. The van der Waals surface area contributed by atoms with E-state index in [9.17, 15) is 4.79 Å². The molecular weight excluding hydrogens is 340 g/mol. The van der Waals surface area contributed by atoms with Crippen LogP contribution in [0, 0.1) is 6.92 Å². The molecule has 0 saturated carbocycles. The number of hydrogen-bond donors (Lipinski definition) is 1. The third kappa shape index (κ3) is 3.43. The highest BCUT2D eigenvalue weighted by atomic mass is 16.4. The molecule has 1 aromatic heterocycles. The van der Waals surface area contributed by atoms with Crippen LogP contribution in [0.2, 0.25) is 0 Å². The summed E-state index contributed by atoms with van der Waals surface area (Å²) >= 11 is 0. The van der Waals surface area contributed by atoms with E-state index < -0.39 is 0 Å². The standard InChI is InChI=1S/C21H22N4O2/c1-13-4-6-16(7-5-13)21-24-23-20(27-21)14(2)22-18-8-9-19-17(12-18)10-11-25(19)15(3)26/h4-9,12,14,22H,10-11H2,1-3H3/t14-/m0/s1. The Morgan fingerprint density at radius 1 is 1.19 bits per heavy atom. The van der Waals surface area contributed by atoms with Gasteiger partial charge in [0.2, 0.25) is 17.7 Å². The molecule has 4 rings (SSSR count). The number of rotatable bonds is 4. The second-order valence-electron chi connectivity index (χ2n) is 6.94. The molecule has 0 spiro atoms. The van der Waals surface area contributed by atoms with Crippen LogP contribution < -0.4 is 10.2 Å². The molecule has 6 nitrogen and oxygen atoms in total. The first-order valence-electron chi connectivity index (χ1n) is 9.09. The minimum Gasteiger partial charge on any atom is -0.418 e. The molecule has 2 aromatic carbocycles. The smallest absolute Gasteiger partial charge is 0.247 e. The van der Waals surface area contributed by atoms with Crippen molar-refractivity contribution < 1.29 is 9.21 Å². The van der Waals surface area contributed by atoms with Gasteiger partial charge in [-0.3, -0.25) is 4.79 Å². The van der Waals surface area contributed by atoms with Gasteiger partial charge in [0.15, 0.2) is 0 Å². The molecule has 0 aliphatic carbocycles. The number of nitrogens with zero attached hydrogens (tertiary/aromatic N) is 3. The van der Waals surface area contributed by atoms with Gasteiger partial charge in [0.1, 0.15) is 6.04 Å². The Bertz CT molecular complexity index is 978. The molecule has 0 bridgehead atoms. The SMILES string of the molecule is CC(=O)N1CCc2cc(N[C@@H](C)c3nnc(-c4ccc(C)cc4)o3)ccc21. The summed E-state index contributed by atoms with van der Waals surface area (Å²) in [6, 6.07) is 13.9. The molecule has 0 saturated heterocycles. The number of anilines is 2. The minimum absolute atomic E-state index is 0.0809. The molecule has 1 atom stereocenters. The van der Waals surface area contributed by atoms with E-state index in [1.807, 2.05) is 55.1 Å². The highest BCUT2D eigenvalue weighted by molar-refractivity contribution is 5.94. The minimum atomic E-state index is -0.125. The molecule has 0 fully saturated rings. The lowest BCUT2D eigenvalue weighted by atomic mass is 10.1. The van der Waals surface area contributed by atoms with Crippen molar-refractivity contribution in [2.24, 2.45) is 0 Å². The Morgan fingerprint density at radius 2 is 1.96 bits per heavy atom. The van der Waals surface area contributed by atoms with E-state index in [2.05, 4.69) is 21.6 Å². The van der Waals surface area contributed by atoms with E-state index in [0.29, 0.717) is 11.8 Å². The third-order valence-corrected chi connectivity index (χ3v) is 4.85. The predicted octanol–water partition coefficient (Wildman–Crippen LogP) is 4.13. The van der Waals surface area contributed by atoms with Crippen molar-refractivity contribution in [1.82, 2.24) is 10.2 Å². The Hall–Kier alpha value is -3.15. The number of aromatic nitrogens is 2. The molecule has 1 amide bonds. The third-order valence-electron chi connectivity index (χ3n) is 4.85. The number of carbonyl (C=O) groups excluding carboxylic acids is 1. The normalized spacial score (nSPS) is 14.1. The van der Waals surface area contributed by atoms with Crippen molar-refractivity contribution >= 4 is 17.3 Å². The van der Waals surface area contributed by atoms with Crippen LogP contribution in [0.15, 0.2) is 46.9 Å². The molecule has 1 aliphatic heterocycles. The largest absolute Gasteiger partial charge is 0.418 e. The highest BCUT2D eigenvalue weighted by Crippen LogP contribution is 2.32. The van der Waals surface area contributed by atoms with Crippen LogP contribution >= 0.6 is 0 Å². The lowest BCUT2D eigenvalue weighted by molar-refractivity contribution is -0.116. The fourth-order valence-electron chi connectivity index (χ4n) is 3.35. The van der Waals surface area contributed by atoms with Gasteiger partial charge in [-0.25, -0.2) is 0 Å². The zero-order valence-electron chi connectivity index (χ0n) is 15.7. The summed E-state index contributed by atoms with van der Waals surface area (Å²) in [6.07, 6.45) is 0.872. The Balaban J connectivity index is 1.49. The first-order chi connectivity index (χ1) is 13.0. The average Bonchev–Trinajstić information content (AvgIpc) is 3.29. The molecule has 6 heteroatoms. The van der Waals surface area contributed by atoms with Crippen molar-refractivity contribution in [3.63, 3.8) is 0 Å². The molecule has 0 unspecified atom stereocenters. The van der Waals surface area contributed by atoms with E-state index in [4.69, 9.17) is 4.42 Å². The monoisotopic (exact) mass is 362 g/mol. The van der Waals surface area contributed by atoms with Crippen molar-refractivity contribution in [2.75, 3.05) is 16.8 Å². The number of hydrogen-bond acceptors (Lipinski definition) is 5. The molecule has 138 valence electrons. The summed E-state index contributed by atoms with van der Waals surface area (Å²) in [6.45, 7) is 6.38. The number of amides is 1. The Morgan fingerprint density at radius 3 is 2.70 bits per heavy atom. The van der Waals surface area contributed by atoms with Gasteiger partial charge in [-0.2, -0.15) is 0 Å². The van der Waals surface area contributed by atoms with Crippen LogP contribution in [0.1, 0.15) is 36.9 Å². The van der Waals surface area contributed by atoms with Gasteiger partial charge in [-0.1, -0.05) is 17.7 Å². The lowest BCUT2D eigenvalue weighted by Crippen LogP contribution is -2.25. The number of benzene rings is 2. The topological polar surface area (TPSA) is 71.3 Å². The van der Waals surface area contributed by atoms with Crippen LogP contribution in [-0.2, 0) is 11.2 Å². The number of aryl methyl sites for hydroxylation is 1. The predicted molar refractivity (Wildman–Crippen MR) is 105 cm³/mol. The van der Waals surface area contributed by atoms with E-state index >= 15 is 0 Å². The van der Waals surface area contributed by atoms with Crippen LogP contribution in [0.25, 0.3) is 11.5 Å². The highest BCUT2D eigenvalue weighted by Gasteiger charge is 2.23. The van der Waals surface area contributed by atoms with Gasteiger partial charge in [0.25, 0.3) is 0 Å².